The zero-order valence-electron chi connectivity index (χ0n) is 9.01. The summed E-state index contributed by atoms with van der Waals surface area (Å²) in [6.45, 7) is 7.96. The maximum absolute atomic E-state index is 11.4. The van der Waals surface area contributed by atoms with Crippen molar-refractivity contribution in [1.29, 1.82) is 0 Å². The van der Waals surface area contributed by atoms with E-state index >= 15 is 0 Å². The van der Waals surface area contributed by atoms with Gasteiger partial charge in [0.2, 0.25) is 0 Å². The lowest BCUT2D eigenvalue weighted by Gasteiger charge is -2.10. The molecule has 1 nitrogen and oxygen atoms in total. The van der Waals surface area contributed by atoms with Crippen LogP contribution in [0.4, 0.5) is 0 Å². The van der Waals surface area contributed by atoms with Gasteiger partial charge in [-0.05, 0) is 18.8 Å². The molecule has 0 saturated carbocycles. The molecule has 0 rings (SSSR count). The SMILES string of the molecule is C=CCCCC(=O)CC(CC)CC. The van der Waals surface area contributed by atoms with Crippen molar-refractivity contribution in [1.82, 2.24) is 0 Å². The third kappa shape index (κ3) is 6.56. The molecule has 0 aliphatic heterocycles. The summed E-state index contributed by atoms with van der Waals surface area (Å²) in [5.74, 6) is 1.03. The number of hydrogen-bond acceptors (Lipinski definition) is 1. The topological polar surface area (TPSA) is 17.1 Å². The van der Waals surface area contributed by atoms with Crippen molar-refractivity contribution in [2.45, 2.75) is 52.4 Å². The van der Waals surface area contributed by atoms with Gasteiger partial charge < -0.3 is 0 Å². The summed E-state index contributed by atoms with van der Waals surface area (Å²) in [6, 6.07) is 0. The van der Waals surface area contributed by atoms with Crippen LogP contribution in [-0.2, 0) is 4.79 Å². The molecule has 0 radical (unpaired) electrons. The average molecular weight is 182 g/mol. The van der Waals surface area contributed by atoms with Gasteiger partial charge in [-0.2, -0.15) is 0 Å². The molecule has 0 heterocycles. The van der Waals surface area contributed by atoms with Crippen molar-refractivity contribution in [3.8, 4) is 0 Å². The highest BCUT2D eigenvalue weighted by Gasteiger charge is 2.09. The Morgan fingerprint density at radius 3 is 2.46 bits per heavy atom. The lowest BCUT2D eigenvalue weighted by Crippen LogP contribution is -2.06. The molecule has 0 saturated heterocycles. The van der Waals surface area contributed by atoms with Crippen LogP contribution in [0, 0.1) is 5.92 Å². The number of carbonyl (C=O) groups is 1. The van der Waals surface area contributed by atoms with E-state index in [2.05, 4.69) is 20.4 Å². The third-order valence-corrected chi connectivity index (χ3v) is 2.53. The number of carbonyl (C=O) groups excluding carboxylic acids is 1. The van der Waals surface area contributed by atoms with Gasteiger partial charge in [-0.15, -0.1) is 6.58 Å². The van der Waals surface area contributed by atoms with E-state index in [9.17, 15) is 4.79 Å². The van der Waals surface area contributed by atoms with Gasteiger partial charge >= 0.3 is 0 Å². The second-order valence-corrected chi connectivity index (χ2v) is 3.61. The van der Waals surface area contributed by atoms with E-state index in [1.54, 1.807) is 0 Å². The lowest BCUT2D eigenvalue weighted by molar-refractivity contribution is -0.120. The molecule has 76 valence electrons. The Hall–Kier alpha value is -0.590. The van der Waals surface area contributed by atoms with Gasteiger partial charge in [0.15, 0.2) is 0 Å². The zero-order valence-corrected chi connectivity index (χ0v) is 9.01. The largest absolute Gasteiger partial charge is 0.300 e. The normalized spacial score (nSPS) is 10.4. The van der Waals surface area contributed by atoms with Gasteiger partial charge in [-0.25, -0.2) is 0 Å². The van der Waals surface area contributed by atoms with Crippen LogP contribution < -0.4 is 0 Å². The smallest absolute Gasteiger partial charge is 0.133 e. The summed E-state index contributed by atoms with van der Waals surface area (Å²) in [6.07, 6.45) is 7.60. The monoisotopic (exact) mass is 182 g/mol. The summed E-state index contributed by atoms with van der Waals surface area (Å²) < 4.78 is 0. The number of Topliss-reactive ketones (excluding diaryl/α,β-unsaturated/α-hetero) is 1. The first-order valence-corrected chi connectivity index (χ1v) is 5.37. The predicted molar refractivity (Wildman–Crippen MR) is 57.7 cm³/mol. The molecule has 0 aromatic carbocycles. The van der Waals surface area contributed by atoms with E-state index in [-0.39, 0.29) is 0 Å². The number of ketones is 1. The van der Waals surface area contributed by atoms with Crippen LogP contribution >= 0.6 is 0 Å². The Kier molecular flexibility index (Phi) is 7.66. The molecule has 0 spiro atoms. The quantitative estimate of drug-likeness (QED) is 0.413. The van der Waals surface area contributed by atoms with Gasteiger partial charge in [0.25, 0.3) is 0 Å². The number of allylic oxidation sites excluding steroid dienone is 1. The van der Waals surface area contributed by atoms with E-state index in [1.807, 2.05) is 6.08 Å². The van der Waals surface area contributed by atoms with Crippen LogP contribution in [0.1, 0.15) is 52.4 Å². The Bertz CT molecular complexity index is 145. The van der Waals surface area contributed by atoms with E-state index < -0.39 is 0 Å². The fraction of sp³-hybridized carbons (Fsp3) is 0.750. The molecule has 0 aromatic heterocycles. The standard InChI is InChI=1S/C12H22O/c1-4-7-8-9-12(13)10-11(5-2)6-3/h4,11H,1,5-10H2,2-3H3. The molecule has 0 amide bonds. The van der Waals surface area contributed by atoms with E-state index in [4.69, 9.17) is 0 Å². The molecular weight excluding hydrogens is 160 g/mol. The maximum Gasteiger partial charge on any atom is 0.133 e. The van der Waals surface area contributed by atoms with Crippen LogP contribution in [0.5, 0.6) is 0 Å². The molecule has 0 aliphatic carbocycles. The van der Waals surface area contributed by atoms with Crippen molar-refractivity contribution in [3.63, 3.8) is 0 Å². The molecule has 0 bridgehead atoms. The summed E-state index contributed by atoms with van der Waals surface area (Å²) in [4.78, 5) is 11.4. The minimum Gasteiger partial charge on any atom is -0.300 e. The fourth-order valence-electron chi connectivity index (χ4n) is 1.44. The van der Waals surface area contributed by atoms with Crippen LogP contribution in [0.3, 0.4) is 0 Å². The molecule has 13 heavy (non-hydrogen) atoms. The van der Waals surface area contributed by atoms with Crippen LogP contribution in [0.15, 0.2) is 12.7 Å². The van der Waals surface area contributed by atoms with Crippen LogP contribution in [0.25, 0.3) is 0 Å². The Morgan fingerprint density at radius 2 is 2.00 bits per heavy atom. The van der Waals surface area contributed by atoms with Crippen molar-refractivity contribution in [3.05, 3.63) is 12.7 Å². The summed E-state index contributed by atoms with van der Waals surface area (Å²) in [5.41, 5.74) is 0. The maximum atomic E-state index is 11.4. The van der Waals surface area contributed by atoms with Gasteiger partial charge in [-0.1, -0.05) is 32.8 Å². The van der Waals surface area contributed by atoms with E-state index in [1.165, 1.54) is 0 Å². The van der Waals surface area contributed by atoms with Gasteiger partial charge in [-0.3, -0.25) is 4.79 Å². The molecule has 0 unspecified atom stereocenters. The summed E-state index contributed by atoms with van der Waals surface area (Å²) >= 11 is 0. The van der Waals surface area contributed by atoms with Crippen molar-refractivity contribution < 1.29 is 4.79 Å². The molecule has 0 fully saturated rings. The molecular formula is C12H22O. The van der Waals surface area contributed by atoms with Crippen LogP contribution in [-0.4, -0.2) is 5.78 Å². The highest BCUT2D eigenvalue weighted by Crippen LogP contribution is 2.14. The van der Waals surface area contributed by atoms with Crippen molar-refractivity contribution >= 4 is 5.78 Å². The molecule has 0 N–H and O–H groups in total. The van der Waals surface area contributed by atoms with Crippen molar-refractivity contribution in [2.75, 3.05) is 0 Å². The molecule has 0 aliphatic rings. The Morgan fingerprint density at radius 1 is 1.38 bits per heavy atom. The first kappa shape index (κ1) is 12.4. The first-order chi connectivity index (χ1) is 6.24. The van der Waals surface area contributed by atoms with E-state index in [0.29, 0.717) is 11.7 Å². The summed E-state index contributed by atoms with van der Waals surface area (Å²) in [7, 11) is 0. The summed E-state index contributed by atoms with van der Waals surface area (Å²) in [5, 5.41) is 0. The predicted octanol–water partition coefficient (Wildman–Crippen LogP) is 3.74. The number of unbranched alkanes of at least 4 members (excludes halogenated alkanes) is 1. The van der Waals surface area contributed by atoms with Gasteiger partial charge in [0, 0.05) is 12.8 Å². The molecule has 1 heteroatoms. The van der Waals surface area contributed by atoms with Gasteiger partial charge in [0.1, 0.15) is 5.78 Å². The highest BCUT2D eigenvalue weighted by atomic mass is 16.1. The Labute approximate surface area is 82.2 Å². The second kappa shape index (κ2) is 8.03. The van der Waals surface area contributed by atoms with Crippen molar-refractivity contribution in [2.24, 2.45) is 5.92 Å². The lowest BCUT2D eigenvalue weighted by atomic mass is 9.95. The zero-order chi connectivity index (χ0) is 10.1. The Balaban J connectivity index is 3.53. The fourth-order valence-corrected chi connectivity index (χ4v) is 1.44. The second-order valence-electron chi connectivity index (χ2n) is 3.61. The van der Waals surface area contributed by atoms with Crippen LogP contribution in [0.2, 0.25) is 0 Å². The highest BCUT2D eigenvalue weighted by molar-refractivity contribution is 5.78. The molecule has 0 atom stereocenters. The first-order valence-electron chi connectivity index (χ1n) is 5.37. The minimum atomic E-state index is 0.426. The average Bonchev–Trinajstić information content (AvgIpc) is 2.14. The number of rotatable bonds is 8. The molecule has 0 aromatic rings. The number of hydrogen-bond donors (Lipinski definition) is 0. The van der Waals surface area contributed by atoms with E-state index in [0.717, 1.165) is 38.5 Å². The van der Waals surface area contributed by atoms with Gasteiger partial charge in [0.05, 0.1) is 0 Å². The third-order valence-electron chi connectivity index (χ3n) is 2.53. The minimum absolute atomic E-state index is 0.426.